The minimum Gasteiger partial charge on any atom is -0.496 e. The van der Waals surface area contributed by atoms with Crippen LogP contribution in [0, 0.1) is 6.92 Å². The average molecular weight is 517 g/mol. The Labute approximate surface area is 224 Å². The Bertz CT molecular complexity index is 1270. The number of anilines is 1. The predicted octanol–water partition coefficient (Wildman–Crippen LogP) is 4.98. The molecule has 0 aromatic heterocycles. The number of carboxylic acids is 1. The molecule has 7 heteroatoms. The van der Waals surface area contributed by atoms with Gasteiger partial charge in [-0.3, -0.25) is 0 Å². The second kappa shape index (κ2) is 11.1. The van der Waals surface area contributed by atoms with Crippen molar-refractivity contribution in [1.82, 2.24) is 5.32 Å². The molecule has 0 radical (unpaired) electrons. The second-order valence-electron chi connectivity index (χ2n) is 10.2. The first kappa shape index (κ1) is 26.1. The van der Waals surface area contributed by atoms with Crippen LogP contribution in [0.2, 0.25) is 0 Å². The smallest absolute Gasteiger partial charge is 0.329 e. The van der Waals surface area contributed by atoms with E-state index in [1.54, 1.807) is 14.2 Å². The zero-order valence-electron chi connectivity index (χ0n) is 22.3. The molecule has 0 bridgehead atoms. The van der Waals surface area contributed by atoms with Gasteiger partial charge in [-0.2, -0.15) is 0 Å². The minimum absolute atomic E-state index is 0.105. The maximum absolute atomic E-state index is 12.3. The third-order valence-electron chi connectivity index (χ3n) is 7.91. The lowest BCUT2D eigenvalue weighted by molar-refractivity contribution is -0.143. The molecule has 0 amide bonds. The molecule has 1 aliphatic heterocycles. The molecule has 7 nitrogen and oxygen atoms in total. The Morgan fingerprint density at radius 1 is 1.00 bits per heavy atom. The van der Waals surface area contributed by atoms with Crippen LogP contribution in [0.1, 0.15) is 35.1 Å². The molecule has 0 unspecified atom stereocenters. The summed E-state index contributed by atoms with van der Waals surface area (Å²) in [6.45, 7) is 3.71. The molecule has 3 aromatic carbocycles. The van der Waals surface area contributed by atoms with Crippen molar-refractivity contribution in [2.45, 2.75) is 50.9 Å². The molecule has 200 valence electrons. The number of hydrogen-bond donors (Lipinski definition) is 3. The molecule has 2 aliphatic rings. The number of rotatable bonds is 9. The molecule has 0 saturated carbocycles. The lowest BCUT2D eigenvalue weighted by Gasteiger charge is -2.35. The maximum atomic E-state index is 12.3. The van der Waals surface area contributed by atoms with Gasteiger partial charge in [-0.1, -0.05) is 30.3 Å². The van der Waals surface area contributed by atoms with Crippen LogP contribution in [0.25, 0.3) is 11.1 Å². The van der Waals surface area contributed by atoms with Gasteiger partial charge in [0.1, 0.15) is 17.0 Å². The van der Waals surface area contributed by atoms with Crippen molar-refractivity contribution in [2.24, 2.45) is 0 Å². The number of methoxy groups -OCH3 is 2. The van der Waals surface area contributed by atoms with Gasteiger partial charge < -0.3 is 30.0 Å². The summed E-state index contributed by atoms with van der Waals surface area (Å²) in [4.78, 5) is 12.3. The first-order valence-corrected chi connectivity index (χ1v) is 13.2. The predicted molar refractivity (Wildman–Crippen MR) is 148 cm³/mol. The largest absolute Gasteiger partial charge is 0.496 e. The highest BCUT2D eigenvalue weighted by Gasteiger charge is 2.39. The zero-order valence-corrected chi connectivity index (χ0v) is 22.3. The van der Waals surface area contributed by atoms with Gasteiger partial charge >= 0.3 is 5.97 Å². The van der Waals surface area contributed by atoms with E-state index < -0.39 is 11.5 Å². The first-order valence-electron chi connectivity index (χ1n) is 13.2. The van der Waals surface area contributed by atoms with Gasteiger partial charge in [0, 0.05) is 11.3 Å². The maximum Gasteiger partial charge on any atom is 0.329 e. The molecule has 38 heavy (non-hydrogen) atoms. The number of aliphatic carboxylic acids is 1. The van der Waals surface area contributed by atoms with Gasteiger partial charge in [-0.25, -0.2) is 4.79 Å². The highest BCUT2D eigenvalue weighted by molar-refractivity contribution is 5.83. The molecule has 3 N–H and O–H groups in total. The number of piperidine rings is 1. The van der Waals surface area contributed by atoms with Crippen molar-refractivity contribution in [3.05, 3.63) is 76.9 Å². The highest BCUT2D eigenvalue weighted by Crippen LogP contribution is 2.38. The van der Waals surface area contributed by atoms with E-state index in [2.05, 4.69) is 34.9 Å². The molecule has 0 atom stereocenters. The lowest BCUT2D eigenvalue weighted by atomic mass is 9.87. The second-order valence-corrected chi connectivity index (χ2v) is 10.2. The number of fused-ring (bicyclic) bond motifs is 1. The SMILES string of the molecule is COc1cc(-c2ccc(NC3(C(=O)O)CCNCC3)cc2COC2Cc3ccccc3C2)cc(OC)c1C. The highest BCUT2D eigenvalue weighted by atomic mass is 16.5. The molecular formula is C31H36N2O5. The van der Waals surface area contributed by atoms with Gasteiger partial charge in [-0.05, 0) is 97.8 Å². The molecule has 3 aromatic rings. The van der Waals surface area contributed by atoms with Crippen LogP contribution in [-0.4, -0.2) is 50.0 Å². The fourth-order valence-electron chi connectivity index (χ4n) is 5.68. The quantitative estimate of drug-likeness (QED) is 0.370. The van der Waals surface area contributed by atoms with Gasteiger partial charge in [0.2, 0.25) is 0 Å². The van der Waals surface area contributed by atoms with Crippen LogP contribution < -0.4 is 20.1 Å². The van der Waals surface area contributed by atoms with E-state index in [1.165, 1.54) is 11.1 Å². The Kier molecular flexibility index (Phi) is 7.58. The van der Waals surface area contributed by atoms with Crippen LogP contribution >= 0.6 is 0 Å². The molecular weight excluding hydrogens is 480 g/mol. The number of carbonyl (C=O) groups is 1. The Morgan fingerprint density at radius 2 is 1.63 bits per heavy atom. The summed E-state index contributed by atoms with van der Waals surface area (Å²) in [5, 5.41) is 16.7. The molecule has 5 rings (SSSR count). The van der Waals surface area contributed by atoms with E-state index in [0.717, 1.165) is 52.3 Å². The van der Waals surface area contributed by atoms with Gasteiger partial charge in [0.25, 0.3) is 0 Å². The Hall–Kier alpha value is -3.55. The number of ether oxygens (including phenoxy) is 3. The van der Waals surface area contributed by atoms with E-state index in [9.17, 15) is 9.90 Å². The summed E-state index contributed by atoms with van der Waals surface area (Å²) in [7, 11) is 3.31. The normalized spacial score (nSPS) is 16.6. The summed E-state index contributed by atoms with van der Waals surface area (Å²) in [6, 6.07) is 18.5. The van der Waals surface area contributed by atoms with Gasteiger partial charge in [0.05, 0.1) is 26.9 Å². The standard InChI is InChI=1S/C31H36N2O5/c1-20-28(36-2)17-23(18-29(20)37-3)27-9-8-25(33-31(30(34)35)10-12-32-13-11-31)14-24(27)19-38-26-15-21-6-4-5-7-22(21)16-26/h4-9,14,17-18,26,32-33H,10-13,15-16,19H2,1-3H3,(H,34,35). The van der Waals surface area contributed by atoms with Crippen LogP contribution in [0.5, 0.6) is 11.5 Å². The van der Waals surface area contributed by atoms with E-state index in [0.29, 0.717) is 32.5 Å². The van der Waals surface area contributed by atoms with Crippen molar-refractivity contribution in [3.63, 3.8) is 0 Å². The van der Waals surface area contributed by atoms with Gasteiger partial charge in [0.15, 0.2) is 0 Å². The van der Waals surface area contributed by atoms with Crippen LogP contribution in [0.4, 0.5) is 5.69 Å². The number of hydrogen-bond acceptors (Lipinski definition) is 6. The van der Waals surface area contributed by atoms with E-state index in [1.807, 2.05) is 37.3 Å². The lowest BCUT2D eigenvalue weighted by Crippen LogP contribution is -2.53. The molecule has 0 spiro atoms. The van der Waals surface area contributed by atoms with Crippen molar-refractivity contribution < 1.29 is 24.1 Å². The molecule has 1 saturated heterocycles. The summed E-state index contributed by atoms with van der Waals surface area (Å²) >= 11 is 0. The summed E-state index contributed by atoms with van der Waals surface area (Å²) < 4.78 is 17.7. The molecule has 1 aliphatic carbocycles. The van der Waals surface area contributed by atoms with Crippen molar-refractivity contribution in [2.75, 3.05) is 32.6 Å². The van der Waals surface area contributed by atoms with Crippen LogP contribution in [0.3, 0.4) is 0 Å². The number of carboxylic acid groups (broad SMARTS) is 1. The minimum atomic E-state index is -0.992. The third kappa shape index (κ3) is 5.22. The number of nitrogens with one attached hydrogen (secondary N) is 2. The van der Waals surface area contributed by atoms with Crippen molar-refractivity contribution in [1.29, 1.82) is 0 Å². The van der Waals surface area contributed by atoms with Crippen LogP contribution in [0.15, 0.2) is 54.6 Å². The van der Waals surface area contributed by atoms with E-state index in [-0.39, 0.29) is 6.10 Å². The monoisotopic (exact) mass is 516 g/mol. The van der Waals surface area contributed by atoms with Crippen molar-refractivity contribution in [3.8, 4) is 22.6 Å². The Morgan fingerprint density at radius 3 is 2.21 bits per heavy atom. The van der Waals surface area contributed by atoms with Gasteiger partial charge in [-0.15, -0.1) is 0 Å². The average Bonchev–Trinajstić information content (AvgIpc) is 3.36. The fourth-order valence-corrected chi connectivity index (χ4v) is 5.68. The number of benzene rings is 3. The van der Waals surface area contributed by atoms with E-state index in [4.69, 9.17) is 14.2 Å². The summed E-state index contributed by atoms with van der Waals surface area (Å²) in [5.41, 5.74) is 6.34. The van der Waals surface area contributed by atoms with Crippen molar-refractivity contribution >= 4 is 11.7 Å². The fraction of sp³-hybridized carbons (Fsp3) is 0.387. The summed E-state index contributed by atoms with van der Waals surface area (Å²) in [5.74, 6) is 0.677. The van der Waals surface area contributed by atoms with E-state index >= 15 is 0 Å². The summed E-state index contributed by atoms with van der Waals surface area (Å²) in [6.07, 6.45) is 2.93. The first-order chi connectivity index (χ1) is 18.4. The molecule has 1 heterocycles. The third-order valence-corrected chi connectivity index (χ3v) is 7.91. The zero-order chi connectivity index (χ0) is 26.7. The Balaban J connectivity index is 1.48. The van der Waals surface area contributed by atoms with Crippen LogP contribution in [-0.2, 0) is 29.0 Å². The topological polar surface area (TPSA) is 89.1 Å². The molecule has 1 fully saturated rings.